The van der Waals surface area contributed by atoms with Gasteiger partial charge in [-0.25, -0.2) is 4.39 Å². The molecule has 7 nitrogen and oxygen atoms in total. The fraction of sp³-hybridized carbons (Fsp3) is 0.250. The molecule has 0 fully saturated rings. The van der Waals surface area contributed by atoms with Gasteiger partial charge in [0.25, 0.3) is 5.89 Å². The number of ether oxygens (including phenoxy) is 1. The van der Waals surface area contributed by atoms with E-state index in [1.54, 1.807) is 19.2 Å². The van der Waals surface area contributed by atoms with Crippen LogP contribution in [-0.2, 0) is 16.1 Å². The molecule has 0 aliphatic carbocycles. The van der Waals surface area contributed by atoms with E-state index in [-0.39, 0.29) is 29.0 Å². The molecule has 0 amide bonds. The van der Waals surface area contributed by atoms with Crippen LogP contribution in [0.4, 0.5) is 4.39 Å². The summed E-state index contributed by atoms with van der Waals surface area (Å²) in [5.41, 5.74) is 1.25. The van der Waals surface area contributed by atoms with Gasteiger partial charge in [0.15, 0.2) is 6.10 Å². The molecule has 0 N–H and O–H groups in total. The first kappa shape index (κ1) is 17.0. The maximum atomic E-state index is 12.9. The number of hydrogen-bond donors (Lipinski definition) is 0. The number of aryl methyl sites for hydroxylation is 1. The fourth-order valence-corrected chi connectivity index (χ4v) is 2.85. The summed E-state index contributed by atoms with van der Waals surface area (Å²) in [5, 5.41) is 9.38. The molecule has 0 aliphatic heterocycles. The molecule has 0 saturated carbocycles. The van der Waals surface area contributed by atoms with Crippen LogP contribution in [0.5, 0.6) is 0 Å². The molecular weight excluding hydrogens is 349 g/mol. The van der Waals surface area contributed by atoms with E-state index in [0.717, 1.165) is 11.3 Å². The summed E-state index contributed by atoms with van der Waals surface area (Å²) in [4.78, 5) is 23.4. The minimum absolute atomic E-state index is 0.113. The van der Waals surface area contributed by atoms with Crippen molar-refractivity contribution >= 4 is 17.3 Å². The summed E-state index contributed by atoms with van der Waals surface area (Å²) in [5.74, 6) is -0.646. The largest absolute Gasteiger partial charge is 0.451 e. The monoisotopic (exact) mass is 363 g/mol. The third-order valence-electron chi connectivity index (χ3n) is 3.45. The maximum absolute atomic E-state index is 12.9. The molecule has 1 aromatic carbocycles. The number of carbonyl (C=O) groups is 1. The lowest BCUT2D eigenvalue weighted by atomic mass is 10.2. The number of rotatable bonds is 5. The normalized spacial score (nSPS) is 12.1. The lowest BCUT2D eigenvalue weighted by molar-refractivity contribution is -0.150. The molecule has 0 spiro atoms. The van der Waals surface area contributed by atoms with Crippen molar-refractivity contribution in [3.8, 4) is 11.5 Å². The van der Waals surface area contributed by atoms with E-state index in [1.807, 2.05) is 0 Å². The van der Waals surface area contributed by atoms with Crippen molar-refractivity contribution < 1.29 is 18.3 Å². The predicted octanol–water partition coefficient (Wildman–Crippen LogP) is 2.71. The van der Waals surface area contributed by atoms with Crippen LogP contribution < -0.4 is 4.87 Å². The van der Waals surface area contributed by atoms with Crippen molar-refractivity contribution in [3.63, 3.8) is 0 Å². The van der Waals surface area contributed by atoms with Gasteiger partial charge in [0.2, 0.25) is 5.89 Å². The highest BCUT2D eigenvalue weighted by Gasteiger charge is 2.20. The summed E-state index contributed by atoms with van der Waals surface area (Å²) in [6, 6.07) is 5.58. The molecule has 3 rings (SSSR count). The zero-order valence-electron chi connectivity index (χ0n) is 13.4. The van der Waals surface area contributed by atoms with E-state index in [1.165, 1.54) is 28.8 Å². The predicted molar refractivity (Wildman–Crippen MR) is 87.5 cm³/mol. The van der Waals surface area contributed by atoms with Crippen molar-refractivity contribution in [2.75, 3.05) is 0 Å². The second kappa shape index (κ2) is 6.98. The van der Waals surface area contributed by atoms with Crippen LogP contribution in [0.3, 0.4) is 0 Å². The summed E-state index contributed by atoms with van der Waals surface area (Å²) < 4.78 is 25.0. The molecule has 0 bridgehead atoms. The number of esters is 1. The van der Waals surface area contributed by atoms with Crippen LogP contribution in [0.25, 0.3) is 11.5 Å². The number of halogens is 1. The van der Waals surface area contributed by atoms with Gasteiger partial charge in [-0.2, -0.15) is 0 Å². The van der Waals surface area contributed by atoms with E-state index in [0.29, 0.717) is 11.3 Å². The Morgan fingerprint density at radius 1 is 1.36 bits per heavy atom. The Kier molecular flexibility index (Phi) is 4.75. The second-order valence-corrected chi connectivity index (χ2v) is 6.13. The molecule has 0 radical (unpaired) electrons. The molecule has 2 heterocycles. The van der Waals surface area contributed by atoms with E-state index in [4.69, 9.17) is 9.15 Å². The average Bonchev–Trinajstić information content (AvgIpc) is 3.18. The molecule has 0 aliphatic rings. The number of benzene rings is 1. The lowest BCUT2D eigenvalue weighted by Crippen LogP contribution is -2.23. The summed E-state index contributed by atoms with van der Waals surface area (Å²) in [6.45, 7) is 3.14. The van der Waals surface area contributed by atoms with Gasteiger partial charge in [-0.15, -0.1) is 10.2 Å². The van der Waals surface area contributed by atoms with Gasteiger partial charge in [0, 0.05) is 16.6 Å². The minimum Gasteiger partial charge on any atom is -0.451 e. The van der Waals surface area contributed by atoms with Gasteiger partial charge in [0.05, 0.1) is 0 Å². The highest BCUT2D eigenvalue weighted by Crippen LogP contribution is 2.22. The van der Waals surface area contributed by atoms with Gasteiger partial charge in [-0.05, 0) is 38.1 Å². The zero-order valence-corrected chi connectivity index (χ0v) is 14.2. The Labute approximate surface area is 145 Å². The topological polar surface area (TPSA) is 87.2 Å². The van der Waals surface area contributed by atoms with Gasteiger partial charge >= 0.3 is 10.8 Å². The molecular formula is C16H14FN3O4S. The molecule has 25 heavy (non-hydrogen) atoms. The Bertz CT molecular complexity index is 945. The average molecular weight is 363 g/mol. The Hall–Kier alpha value is -2.81. The molecule has 2 aromatic heterocycles. The number of thiazole rings is 1. The first-order chi connectivity index (χ1) is 11.9. The first-order valence-corrected chi connectivity index (χ1v) is 8.26. The van der Waals surface area contributed by atoms with Gasteiger partial charge in [-0.3, -0.25) is 14.2 Å². The molecule has 9 heteroatoms. The van der Waals surface area contributed by atoms with Crippen LogP contribution in [0.1, 0.15) is 24.6 Å². The molecule has 130 valence electrons. The van der Waals surface area contributed by atoms with Crippen LogP contribution in [0, 0.1) is 12.7 Å². The third-order valence-corrected chi connectivity index (χ3v) is 4.33. The second-order valence-electron chi connectivity index (χ2n) is 5.31. The summed E-state index contributed by atoms with van der Waals surface area (Å²) in [6.07, 6.45) is -0.774. The number of carbonyl (C=O) groups excluding carboxylic acids is 1. The van der Waals surface area contributed by atoms with Crippen molar-refractivity contribution in [1.82, 2.24) is 14.8 Å². The number of aromatic nitrogens is 3. The Morgan fingerprint density at radius 2 is 2.08 bits per heavy atom. The Balaban J connectivity index is 1.67. The summed E-state index contributed by atoms with van der Waals surface area (Å²) in [7, 11) is 0. The van der Waals surface area contributed by atoms with Crippen molar-refractivity contribution in [2.45, 2.75) is 26.5 Å². The SMILES string of the molecule is Cc1csc(=O)n1CC(=O)O[C@H](C)c1nnc(-c2ccc(F)cc2)o1. The number of nitrogens with zero attached hydrogens (tertiary/aromatic N) is 3. The maximum Gasteiger partial charge on any atom is 0.326 e. The van der Waals surface area contributed by atoms with Crippen LogP contribution in [0.15, 0.2) is 38.9 Å². The molecule has 1 atom stereocenters. The van der Waals surface area contributed by atoms with Crippen molar-refractivity contribution in [3.05, 3.63) is 56.7 Å². The van der Waals surface area contributed by atoms with Crippen LogP contribution in [-0.4, -0.2) is 20.7 Å². The highest BCUT2D eigenvalue weighted by molar-refractivity contribution is 7.07. The van der Waals surface area contributed by atoms with Crippen LogP contribution in [0.2, 0.25) is 0 Å². The summed E-state index contributed by atoms with van der Waals surface area (Å²) >= 11 is 1.02. The third kappa shape index (κ3) is 3.82. The highest BCUT2D eigenvalue weighted by atomic mass is 32.1. The van der Waals surface area contributed by atoms with Gasteiger partial charge < -0.3 is 9.15 Å². The van der Waals surface area contributed by atoms with E-state index in [2.05, 4.69) is 10.2 Å². The van der Waals surface area contributed by atoms with E-state index >= 15 is 0 Å². The zero-order chi connectivity index (χ0) is 18.0. The van der Waals surface area contributed by atoms with Crippen molar-refractivity contribution in [2.24, 2.45) is 0 Å². The standard InChI is InChI=1S/C16H14FN3O4S/c1-9-8-25-16(22)20(9)7-13(21)23-10(2)14-18-19-15(24-14)11-3-5-12(17)6-4-11/h3-6,8,10H,7H2,1-2H3/t10-/m1/s1. The Morgan fingerprint density at radius 3 is 2.72 bits per heavy atom. The van der Waals surface area contributed by atoms with Gasteiger partial charge in [0.1, 0.15) is 12.4 Å². The minimum atomic E-state index is -0.774. The molecule has 0 unspecified atom stereocenters. The molecule has 0 saturated heterocycles. The first-order valence-electron chi connectivity index (χ1n) is 7.38. The van der Waals surface area contributed by atoms with Gasteiger partial charge in [-0.1, -0.05) is 11.3 Å². The fourth-order valence-electron chi connectivity index (χ4n) is 2.12. The van der Waals surface area contributed by atoms with Crippen LogP contribution >= 0.6 is 11.3 Å². The quantitative estimate of drug-likeness (QED) is 0.648. The lowest BCUT2D eigenvalue weighted by Gasteiger charge is -2.10. The van der Waals surface area contributed by atoms with E-state index in [9.17, 15) is 14.0 Å². The van der Waals surface area contributed by atoms with E-state index < -0.39 is 12.1 Å². The smallest absolute Gasteiger partial charge is 0.326 e. The van der Waals surface area contributed by atoms with Crippen molar-refractivity contribution in [1.29, 1.82) is 0 Å². The molecule has 3 aromatic rings. The number of hydrogen-bond acceptors (Lipinski definition) is 7.